The molecule has 3 N–H and O–H groups in total. The fraction of sp³-hybridized carbons (Fsp3) is 0.750. The van der Waals surface area contributed by atoms with E-state index < -0.39 is 24.1 Å². The molecule has 0 aromatic rings. The van der Waals surface area contributed by atoms with Gasteiger partial charge in [-0.05, 0) is 6.92 Å². The fourth-order valence-corrected chi connectivity index (χ4v) is 1.93. The van der Waals surface area contributed by atoms with Crippen LogP contribution in [-0.2, 0) is 9.53 Å². The highest BCUT2D eigenvalue weighted by molar-refractivity contribution is 5.82. The summed E-state index contributed by atoms with van der Waals surface area (Å²) in [6.45, 7) is 2.96. The molecule has 1 fully saturated rings. The molecule has 21 heavy (non-hydrogen) atoms. The molecule has 9 heteroatoms. The van der Waals surface area contributed by atoms with E-state index in [4.69, 9.17) is 14.9 Å². The van der Waals surface area contributed by atoms with Crippen LogP contribution in [0.2, 0.25) is 0 Å². The lowest BCUT2D eigenvalue weighted by Crippen LogP contribution is -2.55. The zero-order chi connectivity index (χ0) is 15.8. The first-order valence-corrected chi connectivity index (χ1v) is 6.80. The van der Waals surface area contributed by atoms with Gasteiger partial charge in [0, 0.05) is 39.2 Å². The topological polar surface area (TPSA) is 119 Å². The lowest BCUT2D eigenvalue weighted by atomic mass is 10.2. The Labute approximate surface area is 122 Å². The van der Waals surface area contributed by atoms with Crippen LogP contribution in [0.1, 0.15) is 13.3 Å². The van der Waals surface area contributed by atoms with Crippen molar-refractivity contribution < 1.29 is 29.3 Å². The summed E-state index contributed by atoms with van der Waals surface area (Å²) in [6.07, 6.45) is -0.467. The molecular weight excluding hydrogens is 282 g/mol. The molecular formula is C12H21N3O6. The van der Waals surface area contributed by atoms with Crippen molar-refractivity contribution in [1.82, 2.24) is 15.1 Å². The maximum Gasteiger partial charge on any atom is 0.409 e. The van der Waals surface area contributed by atoms with E-state index in [0.29, 0.717) is 32.8 Å². The molecule has 1 saturated heterocycles. The van der Waals surface area contributed by atoms with Crippen LogP contribution in [0.3, 0.4) is 0 Å². The van der Waals surface area contributed by atoms with Crippen LogP contribution >= 0.6 is 0 Å². The molecule has 0 saturated carbocycles. The molecule has 1 aliphatic rings. The number of aliphatic carboxylic acids is 1. The molecule has 1 aliphatic heterocycles. The minimum atomic E-state index is -1.19. The van der Waals surface area contributed by atoms with Gasteiger partial charge in [-0.1, -0.05) is 0 Å². The molecule has 9 nitrogen and oxygen atoms in total. The monoisotopic (exact) mass is 303 g/mol. The largest absolute Gasteiger partial charge is 0.480 e. The Bertz CT molecular complexity index is 381. The number of nitrogens with one attached hydrogen (secondary N) is 1. The Kier molecular flexibility index (Phi) is 6.73. The second-order valence-corrected chi connectivity index (χ2v) is 4.53. The predicted octanol–water partition coefficient (Wildman–Crippen LogP) is -0.694. The molecule has 0 bridgehead atoms. The van der Waals surface area contributed by atoms with Crippen molar-refractivity contribution >= 4 is 18.1 Å². The molecule has 0 aromatic heterocycles. The Hall–Kier alpha value is -2.03. The van der Waals surface area contributed by atoms with Gasteiger partial charge in [-0.2, -0.15) is 0 Å². The fourth-order valence-electron chi connectivity index (χ4n) is 1.93. The number of hydrogen-bond acceptors (Lipinski definition) is 5. The highest BCUT2D eigenvalue weighted by Crippen LogP contribution is 2.05. The van der Waals surface area contributed by atoms with Crippen molar-refractivity contribution in [2.75, 3.05) is 39.4 Å². The number of carbonyl (C=O) groups excluding carboxylic acids is 2. The lowest BCUT2D eigenvalue weighted by molar-refractivity contribution is -0.139. The van der Waals surface area contributed by atoms with Gasteiger partial charge in [0.25, 0.3) is 0 Å². The Balaban J connectivity index is 2.44. The van der Waals surface area contributed by atoms with E-state index in [-0.39, 0.29) is 13.0 Å². The number of hydrogen-bond donors (Lipinski definition) is 3. The summed E-state index contributed by atoms with van der Waals surface area (Å²) in [5, 5.41) is 20.0. The second-order valence-electron chi connectivity index (χ2n) is 4.53. The minimum absolute atomic E-state index is 0.0517. The van der Waals surface area contributed by atoms with Crippen LogP contribution in [0.25, 0.3) is 0 Å². The number of aliphatic hydroxyl groups excluding tert-OH is 1. The number of aliphatic hydroxyl groups is 1. The number of amides is 3. The van der Waals surface area contributed by atoms with E-state index in [2.05, 4.69) is 5.32 Å². The number of nitrogens with zero attached hydrogens (tertiary/aromatic N) is 2. The predicted molar refractivity (Wildman–Crippen MR) is 71.8 cm³/mol. The van der Waals surface area contributed by atoms with Crippen molar-refractivity contribution in [3.63, 3.8) is 0 Å². The van der Waals surface area contributed by atoms with Gasteiger partial charge in [-0.15, -0.1) is 0 Å². The van der Waals surface area contributed by atoms with E-state index in [1.807, 2.05) is 0 Å². The van der Waals surface area contributed by atoms with Gasteiger partial charge >= 0.3 is 18.1 Å². The van der Waals surface area contributed by atoms with Gasteiger partial charge in [-0.25, -0.2) is 14.4 Å². The van der Waals surface area contributed by atoms with E-state index in [1.54, 1.807) is 6.92 Å². The van der Waals surface area contributed by atoms with Crippen LogP contribution in [0.4, 0.5) is 9.59 Å². The minimum Gasteiger partial charge on any atom is -0.480 e. The van der Waals surface area contributed by atoms with E-state index in [0.717, 1.165) is 0 Å². The van der Waals surface area contributed by atoms with Crippen LogP contribution < -0.4 is 5.32 Å². The molecule has 1 atom stereocenters. The molecule has 0 unspecified atom stereocenters. The van der Waals surface area contributed by atoms with Crippen LogP contribution in [0.15, 0.2) is 0 Å². The molecule has 1 rings (SSSR count). The van der Waals surface area contributed by atoms with E-state index in [9.17, 15) is 14.4 Å². The Morgan fingerprint density at radius 2 is 1.76 bits per heavy atom. The van der Waals surface area contributed by atoms with Crippen molar-refractivity contribution in [2.24, 2.45) is 0 Å². The van der Waals surface area contributed by atoms with Gasteiger partial charge in [0.2, 0.25) is 0 Å². The third-order valence-electron chi connectivity index (χ3n) is 3.11. The number of piperazine rings is 1. The molecule has 0 aromatic carbocycles. The second kappa shape index (κ2) is 8.30. The Morgan fingerprint density at radius 3 is 2.24 bits per heavy atom. The van der Waals surface area contributed by atoms with Crippen LogP contribution in [0, 0.1) is 0 Å². The SMILES string of the molecule is CCOC(=O)N1CCN(C(=O)N[C@@H](CCO)C(=O)O)CC1. The van der Waals surface area contributed by atoms with Crippen LogP contribution in [0.5, 0.6) is 0 Å². The summed E-state index contributed by atoms with van der Waals surface area (Å²) in [4.78, 5) is 37.3. The van der Waals surface area contributed by atoms with E-state index >= 15 is 0 Å². The van der Waals surface area contributed by atoms with Crippen molar-refractivity contribution in [3.05, 3.63) is 0 Å². The number of ether oxygens (including phenoxy) is 1. The molecule has 3 amide bonds. The lowest BCUT2D eigenvalue weighted by Gasteiger charge is -2.34. The molecule has 120 valence electrons. The highest BCUT2D eigenvalue weighted by Gasteiger charge is 2.27. The van der Waals surface area contributed by atoms with E-state index in [1.165, 1.54) is 9.80 Å². The third-order valence-corrected chi connectivity index (χ3v) is 3.11. The number of carbonyl (C=O) groups is 3. The van der Waals surface area contributed by atoms with Crippen molar-refractivity contribution in [2.45, 2.75) is 19.4 Å². The maximum atomic E-state index is 11.9. The maximum absolute atomic E-state index is 11.9. The summed E-state index contributed by atoms with van der Waals surface area (Å²) >= 11 is 0. The number of rotatable bonds is 5. The van der Waals surface area contributed by atoms with Gasteiger partial charge in [0.15, 0.2) is 0 Å². The number of carboxylic acid groups (broad SMARTS) is 1. The highest BCUT2D eigenvalue weighted by atomic mass is 16.6. The van der Waals surface area contributed by atoms with Gasteiger partial charge in [0.1, 0.15) is 6.04 Å². The summed E-state index contributed by atoms with van der Waals surface area (Å²) in [7, 11) is 0. The first-order chi connectivity index (χ1) is 9.99. The molecule has 1 heterocycles. The van der Waals surface area contributed by atoms with Gasteiger partial charge in [0.05, 0.1) is 6.61 Å². The molecule has 0 aliphatic carbocycles. The zero-order valence-corrected chi connectivity index (χ0v) is 11.9. The average Bonchev–Trinajstić information content (AvgIpc) is 2.47. The van der Waals surface area contributed by atoms with Gasteiger partial charge in [-0.3, -0.25) is 0 Å². The quantitative estimate of drug-likeness (QED) is 0.618. The summed E-state index contributed by atoms with van der Waals surface area (Å²) in [5.74, 6) is -1.19. The summed E-state index contributed by atoms with van der Waals surface area (Å²) < 4.78 is 4.87. The first-order valence-electron chi connectivity index (χ1n) is 6.80. The first kappa shape index (κ1) is 17.0. The standard InChI is InChI=1S/C12H21N3O6/c1-2-21-12(20)15-6-4-14(5-7-15)11(19)13-9(3-8-16)10(17)18/h9,16H,2-8H2,1H3,(H,13,19)(H,17,18)/t9-/m0/s1. The third kappa shape index (κ3) is 5.10. The molecule has 0 spiro atoms. The van der Waals surface area contributed by atoms with Crippen molar-refractivity contribution in [1.29, 1.82) is 0 Å². The number of urea groups is 1. The average molecular weight is 303 g/mol. The van der Waals surface area contributed by atoms with Crippen LogP contribution in [-0.4, -0.2) is 83.5 Å². The molecule has 0 radical (unpaired) electrons. The van der Waals surface area contributed by atoms with Gasteiger partial charge < -0.3 is 30.1 Å². The van der Waals surface area contributed by atoms with Crippen molar-refractivity contribution in [3.8, 4) is 0 Å². The number of carboxylic acids is 1. The summed E-state index contributed by atoms with van der Waals surface area (Å²) in [6, 6.07) is -1.63. The zero-order valence-electron chi connectivity index (χ0n) is 11.9. The Morgan fingerprint density at radius 1 is 1.19 bits per heavy atom. The normalized spacial score (nSPS) is 16.3. The smallest absolute Gasteiger partial charge is 0.409 e. The summed E-state index contributed by atoms with van der Waals surface area (Å²) in [5.41, 5.74) is 0.